The van der Waals surface area contributed by atoms with Crippen LogP contribution in [0.5, 0.6) is 0 Å². The number of hydrogen-bond acceptors (Lipinski definition) is 3. The van der Waals surface area contributed by atoms with Crippen molar-refractivity contribution in [3.8, 4) is 0 Å². The van der Waals surface area contributed by atoms with Gasteiger partial charge >= 0.3 is 0 Å². The van der Waals surface area contributed by atoms with Crippen LogP contribution in [-0.4, -0.2) is 18.4 Å². The first-order valence-corrected chi connectivity index (χ1v) is 7.63. The van der Waals surface area contributed by atoms with Crippen LogP contribution < -0.4 is 10.4 Å². The third kappa shape index (κ3) is 4.06. The number of aliphatic carboxylic acids is 1. The van der Waals surface area contributed by atoms with Crippen molar-refractivity contribution >= 4 is 11.9 Å². The molecule has 1 N–H and O–H groups in total. The molecule has 0 unspecified atom stereocenters. The van der Waals surface area contributed by atoms with Crippen molar-refractivity contribution in [3.63, 3.8) is 0 Å². The van der Waals surface area contributed by atoms with Crippen molar-refractivity contribution in [1.82, 2.24) is 5.32 Å². The molecule has 4 nitrogen and oxygen atoms in total. The first-order valence-electron chi connectivity index (χ1n) is 7.63. The summed E-state index contributed by atoms with van der Waals surface area (Å²) in [6.07, 6.45) is 2.97. The Bertz CT molecular complexity index is 486. The molecule has 1 fully saturated rings. The molecule has 0 aliphatic heterocycles. The van der Waals surface area contributed by atoms with Gasteiger partial charge in [0.25, 0.3) is 0 Å². The highest BCUT2D eigenvalue weighted by Crippen LogP contribution is 2.30. The molecule has 1 aromatic rings. The van der Waals surface area contributed by atoms with Gasteiger partial charge in [-0.25, -0.2) is 0 Å². The van der Waals surface area contributed by atoms with Crippen molar-refractivity contribution in [2.24, 2.45) is 11.8 Å². The zero-order chi connectivity index (χ0) is 15.2. The Hall–Kier alpha value is -1.84. The van der Waals surface area contributed by atoms with Crippen molar-refractivity contribution in [2.45, 2.75) is 38.5 Å². The van der Waals surface area contributed by atoms with Gasteiger partial charge in [0.15, 0.2) is 0 Å². The van der Waals surface area contributed by atoms with Gasteiger partial charge in [-0.3, -0.25) is 4.79 Å². The van der Waals surface area contributed by atoms with Crippen LogP contribution >= 0.6 is 0 Å². The third-order valence-electron chi connectivity index (χ3n) is 4.36. The number of carbonyl (C=O) groups is 2. The van der Waals surface area contributed by atoms with Gasteiger partial charge in [-0.2, -0.15) is 0 Å². The molecule has 4 heteroatoms. The van der Waals surface area contributed by atoms with Crippen molar-refractivity contribution in [2.75, 3.05) is 6.54 Å². The van der Waals surface area contributed by atoms with E-state index in [2.05, 4.69) is 5.32 Å². The van der Waals surface area contributed by atoms with Crippen LogP contribution in [0.25, 0.3) is 0 Å². The summed E-state index contributed by atoms with van der Waals surface area (Å²) in [5.74, 6) is -2.10. The fraction of sp³-hybridized carbons (Fsp3) is 0.529. The van der Waals surface area contributed by atoms with E-state index in [4.69, 9.17) is 0 Å². The van der Waals surface area contributed by atoms with Gasteiger partial charge in [0.2, 0.25) is 5.91 Å². The van der Waals surface area contributed by atoms with E-state index in [1.165, 1.54) is 0 Å². The molecule has 114 valence electrons. The topological polar surface area (TPSA) is 69.2 Å². The van der Waals surface area contributed by atoms with Crippen LogP contribution in [-0.2, 0) is 9.59 Å². The second-order valence-corrected chi connectivity index (χ2v) is 5.87. The summed E-state index contributed by atoms with van der Waals surface area (Å²) in [7, 11) is 0. The van der Waals surface area contributed by atoms with Gasteiger partial charge in [0, 0.05) is 24.3 Å². The minimum Gasteiger partial charge on any atom is -0.550 e. The molecule has 3 atom stereocenters. The van der Waals surface area contributed by atoms with Crippen molar-refractivity contribution in [3.05, 3.63) is 35.9 Å². The first kappa shape index (κ1) is 15.5. The molecule has 21 heavy (non-hydrogen) atoms. The molecular formula is C17H22NO3-. The van der Waals surface area contributed by atoms with E-state index in [0.29, 0.717) is 19.4 Å². The lowest BCUT2D eigenvalue weighted by Gasteiger charge is -2.31. The number of hydrogen-bond donors (Lipinski definition) is 1. The molecule has 1 amide bonds. The molecule has 1 saturated carbocycles. The predicted molar refractivity (Wildman–Crippen MR) is 78.3 cm³/mol. The van der Waals surface area contributed by atoms with E-state index in [0.717, 1.165) is 18.4 Å². The van der Waals surface area contributed by atoms with Crippen LogP contribution in [0, 0.1) is 11.8 Å². The predicted octanol–water partition coefficient (Wildman–Crippen LogP) is 1.46. The zero-order valence-corrected chi connectivity index (χ0v) is 12.4. The van der Waals surface area contributed by atoms with Gasteiger partial charge in [-0.15, -0.1) is 0 Å². The van der Waals surface area contributed by atoms with Gasteiger partial charge < -0.3 is 15.2 Å². The Kier molecular flexibility index (Phi) is 5.37. The van der Waals surface area contributed by atoms with E-state index in [9.17, 15) is 14.7 Å². The summed E-state index contributed by atoms with van der Waals surface area (Å²) in [6.45, 7) is 2.58. The van der Waals surface area contributed by atoms with Crippen molar-refractivity contribution < 1.29 is 14.7 Å². The highest BCUT2D eigenvalue weighted by molar-refractivity contribution is 5.84. The molecule has 0 spiro atoms. The third-order valence-corrected chi connectivity index (χ3v) is 4.36. The Balaban J connectivity index is 1.90. The Morgan fingerprint density at radius 1 is 1.19 bits per heavy atom. The average molecular weight is 288 g/mol. The van der Waals surface area contributed by atoms with E-state index >= 15 is 0 Å². The molecule has 1 aromatic carbocycles. The fourth-order valence-electron chi connectivity index (χ4n) is 3.01. The average Bonchev–Trinajstić information content (AvgIpc) is 2.53. The summed E-state index contributed by atoms with van der Waals surface area (Å²) in [6, 6.07) is 9.96. The molecule has 0 radical (unpaired) electrons. The second-order valence-electron chi connectivity index (χ2n) is 5.87. The number of carbonyl (C=O) groups excluding carboxylic acids is 2. The number of benzene rings is 1. The molecular weight excluding hydrogens is 266 g/mol. The van der Waals surface area contributed by atoms with Crippen LogP contribution in [0.1, 0.15) is 44.1 Å². The van der Waals surface area contributed by atoms with Gasteiger partial charge in [-0.1, -0.05) is 50.1 Å². The quantitative estimate of drug-likeness (QED) is 0.892. The lowest BCUT2D eigenvalue weighted by atomic mass is 9.78. The molecule has 0 saturated heterocycles. The number of rotatable bonds is 5. The summed E-state index contributed by atoms with van der Waals surface area (Å²) in [5.41, 5.74) is 1.16. The zero-order valence-electron chi connectivity index (χ0n) is 12.4. The highest BCUT2D eigenvalue weighted by Gasteiger charge is 2.31. The highest BCUT2D eigenvalue weighted by atomic mass is 16.4. The van der Waals surface area contributed by atoms with E-state index in [1.54, 1.807) is 0 Å². The van der Waals surface area contributed by atoms with Gasteiger partial charge in [-0.05, 0) is 24.3 Å². The van der Waals surface area contributed by atoms with Crippen LogP contribution in [0.2, 0.25) is 0 Å². The number of nitrogens with one attached hydrogen (secondary N) is 1. The summed E-state index contributed by atoms with van der Waals surface area (Å²) >= 11 is 0. The molecule has 1 aliphatic carbocycles. The summed E-state index contributed by atoms with van der Waals surface area (Å²) < 4.78 is 0. The minimum atomic E-state index is -1.09. The largest absolute Gasteiger partial charge is 0.550 e. The molecule has 0 bridgehead atoms. The Labute approximate surface area is 125 Å². The number of amides is 1. The lowest BCUT2D eigenvalue weighted by Crippen LogP contribution is -2.45. The van der Waals surface area contributed by atoms with Crippen LogP contribution in [0.4, 0.5) is 0 Å². The van der Waals surface area contributed by atoms with E-state index < -0.39 is 17.8 Å². The molecule has 0 aromatic heterocycles. The van der Waals surface area contributed by atoms with E-state index in [-0.39, 0.29) is 11.8 Å². The lowest BCUT2D eigenvalue weighted by molar-refractivity contribution is -0.314. The number of carboxylic acid groups (broad SMARTS) is 1. The van der Waals surface area contributed by atoms with Crippen LogP contribution in [0.3, 0.4) is 0 Å². The van der Waals surface area contributed by atoms with Crippen LogP contribution in [0.15, 0.2) is 30.3 Å². The number of carboxylic acids is 1. The maximum atomic E-state index is 12.2. The standard InChI is InChI=1S/C17H23NO3/c1-12(13-7-3-2-4-8-13)11-18-16(19)14-9-5-6-10-15(14)17(20)21/h2-4,7-8,12,14-15H,5-6,9-11H2,1H3,(H,18,19)(H,20,21)/p-1/t12-,14-,15+/m1/s1. The summed E-state index contributed by atoms with van der Waals surface area (Å²) in [5, 5.41) is 14.0. The normalized spacial score (nSPS) is 23.3. The maximum Gasteiger partial charge on any atom is 0.223 e. The maximum absolute atomic E-state index is 12.2. The van der Waals surface area contributed by atoms with Gasteiger partial charge in [0.05, 0.1) is 0 Å². The molecule has 1 aliphatic rings. The van der Waals surface area contributed by atoms with E-state index in [1.807, 2.05) is 37.3 Å². The molecule has 2 rings (SSSR count). The monoisotopic (exact) mass is 288 g/mol. The summed E-state index contributed by atoms with van der Waals surface area (Å²) in [4.78, 5) is 23.4. The smallest absolute Gasteiger partial charge is 0.223 e. The Morgan fingerprint density at radius 3 is 2.43 bits per heavy atom. The Morgan fingerprint density at radius 2 is 1.81 bits per heavy atom. The molecule has 0 heterocycles. The SMILES string of the molecule is C[C@H](CNC(=O)[C@@H]1CCCC[C@@H]1C(=O)[O-])c1ccccc1. The van der Waals surface area contributed by atoms with Gasteiger partial charge in [0.1, 0.15) is 0 Å². The van der Waals surface area contributed by atoms with Crippen molar-refractivity contribution in [1.29, 1.82) is 0 Å². The second kappa shape index (κ2) is 7.25. The minimum absolute atomic E-state index is 0.147. The first-order chi connectivity index (χ1) is 10.1. The fourth-order valence-corrected chi connectivity index (χ4v) is 3.01.